The number of benzene rings is 1. The van der Waals surface area contributed by atoms with Crippen molar-refractivity contribution in [2.75, 3.05) is 13.7 Å². The molecule has 0 spiro atoms. The van der Waals surface area contributed by atoms with Crippen LogP contribution < -0.4 is 26.0 Å². The van der Waals surface area contributed by atoms with E-state index in [2.05, 4.69) is 10.3 Å². The van der Waals surface area contributed by atoms with Crippen LogP contribution in [0.3, 0.4) is 0 Å². The second kappa shape index (κ2) is 10.8. The predicted octanol–water partition coefficient (Wildman–Crippen LogP) is 1.06. The van der Waals surface area contributed by atoms with Gasteiger partial charge in [-0.05, 0) is 24.1 Å². The van der Waals surface area contributed by atoms with Gasteiger partial charge in [0.25, 0.3) is 5.56 Å². The average Bonchev–Trinajstić information content (AvgIpc) is 2.70. The standard InChI is InChI=1S/C20H25N3O7/c1-3-10-30-15-5-4-13(11-16(15)29-2)14(12-19(26)27)21-17(24)6-8-23-9-7-18(25)22-20(23)28/h4-5,7,9,11,14H,3,6,8,10,12H2,1-2H3,(H,21,24)(H,26,27)(H,22,25,28). The minimum Gasteiger partial charge on any atom is -0.493 e. The zero-order valence-corrected chi connectivity index (χ0v) is 16.8. The van der Waals surface area contributed by atoms with E-state index < -0.39 is 29.2 Å². The number of nitrogens with one attached hydrogen (secondary N) is 2. The summed E-state index contributed by atoms with van der Waals surface area (Å²) in [5.74, 6) is -0.557. The van der Waals surface area contributed by atoms with Gasteiger partial charge in [-0.2, -0.15) is 0 Å². The Morgan fingerprint density at radius 1 is 1.23 bits per heavy atom. The zero-order valence-electron chi connectivity index (χ0n) is 16.8. The lowest BCUT2D eigenvalue weighted by Crippen LogP contribution is -2.33. The van der Waals surface area contributed by atoms with Gasteiger partial charge in [0.05, 0.1) is 26.2 Å². The van der Waals surface area contributed by atoms with Gasteiger partial charge in [0.2, 0.25) is 5.91 Å². The fourth-order valence-electron chi connectivity index (χ4n) is 2.77. The van der Waals surface area contributed by atoms with Crippen LogP contribution in [0.4, 0.5) is 0 Å². The molecule has 10 nitrogen and oxygen atoms in total. The van der Waals surface area contributed by atoms with Crippen LogP contribution in [0.5, 0.6) is 11.5 Å². The van der Waals surface area contributed by atoms with E-state index >= 15 is 0 Å². The SMILES string of the molecule is CCCOc1ccc(C(CC(=O)O)NC(=O)CCn2ccc(=O)[nH]c2=O)cc1OC. The highest BCUT2D eigenvalue weighted by atomic mass is 16.5. The summed E-state index contributed by atoms with van der Waals surface area (Å²) in [5.41, 5.74) is -0.597. The molecule has 1 aromatic carbocycles. The van der Waals surface area contributed by atoms with Crippen molar-refractivity contribution in [1.29, 1.82) is 0 Å². The topological polar surface area (TPSA) is 140 Å². The molecule has 30 heavy (non-hydrogen) atoms. The molecule has 0 saturated carbocycles. The maximum atomic E-state index is 12.4. The molecular weight excluding hydrogens is 394 g/mol. The van der Waals surface area contributed by atoms with Gasteiger partial charge in [-0.3, -0.25) is 19.4 Å². The van der Waals surface area contributed by atoms with Gasteiger partial charge in [-0.15, -0.1) is 0 Å². The zero-order chi connectivity index (χ0) is 22.1. The monoisotopic (exact) mass is 419 g/mol. The van der Waals surface area contributed by atoms with Crippen molar-refractivity contribution in [3.05, 3.63) is 56.9 Å². The molecule has 1 aromatic heterocycles. The summed E-state index contributed by atoms with van der Waals surface area (Å²) in [4.78, 5) is 48.6. The van der Waals surface area contributed by atoms with Gasteiger partial charge < -0.3 is 24.5 Å². The van der Waals surface area contributed by atoms with Crippen molar-refractivity contribution >= 4 is 11.9 Å². The first-order valence-corrected chi connectivity index (χ1v) is 9.45. The van der Waals surface area contributed by atoms with Gasteiger partial charge in [0.1, 0.15) is 0 Å². The van der Waals surface area contributed by atoms with Crippen LogP contribution in [0.15, 0.2) is 40.1 Å². The van der Waals surface area contributed by atoms with Gasteiger partial charge >= 0.3 is 11.7 Å². The Morgan fingerprint density at radius 3 is 2.63 bits per heavy atom. The number of hydrogen-bond acceptors (Lipinski definition) is 6. The Bertz CT molecular complexity index is 996. The normalized spacial score (nSPS) is 11.5. The van der Waals surface area contributed by atoms with Crippen LogP contribution in [0.25, 0.3) is 0 Å². The number of methoxy groups -OCH3 is 1. The van der Waals surface area contributed by atoms with Crippen molar-refractivity contribution < 1.29 is 24.2 Å². The summed E-state index contributed by atoms with van der Waals surface area (Å²) in [6, 6.07) is 5.36. The number of aryl methyl sites for hydroxylation is 1. The van der Waals surface area contributed by atoms with E-state index in [4.69, 9.17) is 9.47 Å². The third-order valence-corrected chi connectivity index (χ3v) is 4.24. The molecule has 162 valence electrons. The molecule has 1 atom stereocenters. The van der Waals surface area contributed by atoms with Crippen LogP contribution >= 0.6 is 0 Å². The van der Waals surface area contributed by atoms with Crippen LogP contribution in [-0.4, -0.2) is 40.3 Å². The first-order chi connectivity index (χ1) is 14.3. The summed E-state index contributed by atoms with van der Waals surface area (Å²) in [5, 5.41) is 11.9. The quantitative estimate of drug-likeness (QED) is 0.495. The van der Waals surface area contributed by atoms with Crippen molar-refractivity contribution in [2.24, 2.45) is 0 Å². The van der Waals surface area contributed by atoms with Crippen LogP contribution in [0.2, 0.25) is 0 Å². The lowest BCUT2D eigenvalue weighted by molar-refractivity contribution is -0.137. The number of aliphatic carboxylic acids is 1. The molecule has 0 saturated heterocycles. The van der Waals surface area contributed by atoms with E-state index in [1.54, 1.807) is 18.2 Å². The van der Waals surface area contributed by atoms with E-state index in [-0.39, 0.29) is 19.4 Å². The molecule has 1 heterocycles. The lowest BCUT2D eigenvalue weighted by Gasteiger charge is -2.19. The average molecular weight is 419 g/mol. The highest BCUT2D eigenvalue weighted by Gasteiger charge is 2.20. The number of hydrogen-bond donors (Lipinski definition) is 3. The summed E-state index contributed by atoms with van der Waals surface area (Å²) in [6.45, 7) is 2.52. The maximum Gasteiger partial charge on any atom is 0.328 e. The fourth-order valence-corrected chi connectivity index (χ4v) is 2.77. The van der Waals surface area contributed by atoms with E-state index in [9.17, 15) is 24.3 Å². The summed E-state index contributed by atoms with van der Waals surface area (Å²) < 4.78 is 12.1. The highest BCUT2D eigenvalue weighted by molar-refractivity contribution is 5.77. The third kappa shape index (κ3) is 6.50. The molecule has 0 radical (unpaired) electrons. The third-order valence-electron chi connectivity index (χ3n) is 4.24. The smallest absolute Gasteiger partial charge is 0.328 e. The number of H-pyrrole nitrogens is 1. The number of aromatic amines is 1. The minimum atomic E-state index is -1.08. The summed E-state index contributed by atoms with van der Waals surface area (Å²) in [6.07, 6.45) is 1.71. The molecule has 0 aliphatic heterocycles. The van der Waals surface area contributed by atoms with Gasteiger partial charge in [0, 0.05) is 25.2 Å². The number of carbonyl (C=O) groups excluding carboxylic acids is 1. The van der Waals surface area contributed by atoms with Crippen molar-refractivity contribution in [1.82, 2.24) is 14.9 Å². The minimum absolute atomic E-state index is 0.0361. The highest BCUT2D eigenvalue weighted by Crippen LogP contribution is 2.31. The molecule has 0 fully saturated rings. The molecule has 0 aliphatic carbocycles. The number of rotatable bonds is 11. The van der Waals surface area contributed by atoms with E-state index in [1.807, 2.05) is 6.92 Å². The Balaban J connectivity index is 2.13. The molecule has 10 heteroatoms. The van der Waals surface area contributed by atoms with Crippen LogP contribution in [-0.2, 0) is 16.1 Å². The Labute approximate surface area is 172 Å². The first-order valence-electron chi connectivity index (χ1n) is 9.45. The molecule has 0 bridgehead atoms. The number of amides is 1. The van der Waals surface area contributed by atoms with Crippen LogP contribution in [0, 0.1) is 0 Å². The Hall–Kier alpha value is -3.56. The number of carboxylic acid groups (broad SMARTS) is 1. The Kier molecular flexibility index (Phi) is 8.21. The van der Waals surface area contributed by atoms with Gasteiger partial charge in [-0.25, -0.2) is 4.79 Å². The van der Waals surface area contributed by atoms with E-state index in [1.165, 1.54) is 23.9 Å². The number of ether oxygens (including phenoxy) is 2. The number of carbonyl (C=O) groups is 2. The lowest BCUT2D eigenvalue weighted by atomic mass is 10.0. The largest absolute Gasteiger partial charge is 0.493 e. The predicted molar refractivity (Wildman–Crippen MR) is 108 cm³/mol. The fraction of sp³-hybridized carbons (Fsp3) is 0.400. The van der Waals surface area contributed by atoms with Crippen LogP contribution in [0.1, 0.15) is 37.8 Å². The summed E-state index contributed by atoms with van der Waals surface area (Å²) in [7, 11) is 1.48. The molecule has 3 N–H and O–H groups in total. The first kappa shape index (κ1) is 22.7. The maximum absolute atomic E-state index is 12.4. The summed E-state index contributed by atoms with van der Waals surface area (Å²) >= 11 is 0. The molecule has 2 aromatic rings. The molecule has 2 rings (SSSR count). The Morgan fingerprint density at radius 2 is 2.00 bits per heavy atom. The van der Waals surface area contributed by atoms with Gasteiger partial charge in [-0.1, -0.05) is 13.0 Å². The molecule has 1 unspecified atom stereocenters. The van der Waals surface area contributed by atoms with E-state index in [0.717, 1.165) is 6.42 Å². The number of nitrogens with zero attached hydrogens (tertiary/aromatic N) is 1. The number of aromatic nitrogens is 2. The molecular formula is C20H25N3O7. The van der Waals surface area contributed by atoms with Gasteiger partial charge in [0.15, 0.2) is 11.5 Å². The van der Waals surface area contributed by atoms with Crippen molar-refractivity contribution in [3.63, 3.8) is 0 Å². The molecule has 0 aliphatic rings. The van der Waals surface area contributed by atoms with E-state index in [0.29, 0.717) is 23.7 Å². The number of carboxylic acids is 1. The van der Waals surface area contributed by atoms with Crippen molar-refractivity contribution in [2.45, 2.75) is 38.8 Å². The second-order valence-electron chi connectivity index (χ2n) is 6.53. The molecule has 1 amide bonds. The van der Waals surface area contributed by atoms with Crippen molar-refractivity contribution in [3.8, 4) is 11.5 Å². The second-order valence-corrected chi connectivity index (χ2v) is 6.53.